The van der Waals surface area contributed by atoms with Crippen molar-refractivity contribution in [3.8, 4) is 5.75 Å². The summed E-state index contributed by atoms with van der Waals surface area (Å²) in [4.78, 5) is 4.86. The molecule has 128 valence electrons. The van der Waals surface area contributed by atoms with Gasteiger partial charge in [-0.25, -0.2) is 4.98 Å². The van der Waals surface area contributed by atoms with Crippen LogP contribution in [0.1, 0.15) is 31.7 Å². The fourth-order valence-corrected chi connectivity index (χ4v) is 2.82. The maximum absolute atomic E-state index is 5.24. The molecule has 24 heavy (non-hydrogen) atoms. The zero-order valence-electron chi connectivity index (χ0n) is 14.5. The molecule has 0 N–H and O–H groups in total. The summed E-state index contributed by atoms with van der Waals surface area (Å²) in [5.41, 5.74) is 3.57. The molecule has 3 nitrogen and oxygen atoms in total. The quantitative estimate of drug-likeness (QED) is 0.621. The number of aryl methyl sites for hydroxylation is 1. The number of fused-ring (bicyclic) bond motifs is 1. The Balaban J connectivity index is 0.00000208. The van der Waals surface area contributed by atoms with Crippen molar-refractivity contribution in [1.82, 2.24) is 9.55 Å². The predicted molar refractivity (Wildman–Crippen MR) is 102 cm³/mol. The van der Waals surface area contributed by atoms with Gasteiger partial charge in [0.25, 0.3) is 0 Å². The van der Waals surface area contributed by atoms with E-state index in [-0.39, 0.29) is 12.4 Å². The maximum atomic E-state index is 5.24. The molecule has 3 rings (SSSR count). The predicted octanol–water partition coefficient (Wildman–Crippen LogP) is 5.10. The highest BCUT2D eigenvalue weighted by atomic mass is 35.5. The molecule has 0 radical (unpaired) electrons. The topological polar surface area (TPSA) is 27.1 Å². The third-order valence-corrected chi connectivity index (χ3v) is 4.18. The van der Waals surface area contributed by atoms with Gasteiger partial charge in [0.2, 0.25) is 0 Å². The average molecular weight is 345 g/mol. The van der Waals surface area contributed by atoms with Gasteiger partial charge >= 0.3 is 0 Å². The van der Waals surface area contributed by atoms with E-state index in [1.807, 2.05) is 12.1 Å². The number of aromatic nitrogens is 2. The van der Waals surface area contributed by atoms with Crippen LogP contribution in [-0.4, -0.2) is 16.7 Å². The number of nitrogens with zero attached hydrogens (tertiary/aromatic N) is 2. The largest absolute Gasteiger partial charge is 0.497 e. The van der Waals surface area contributed by atoms with Gasteiger partial charge in [-0.2, -0.15) is 0 Å². The first kappa shape index (κ1) is 18.3. The SMILES string of the molecule is COc1ccc(Cc2nc3ccccc3n2CCC(C)C)cc1.Cl. The minimum Gasteiger partial charge on any atom is -0.497 e. The molecular weight excluding hydrogens is 320 g/mol. The van der Waals surface area contributed by atoms with Gasteiger partial charge < -0.3 is 9.30 Å². The van der Waals surface area contributed by atoms with Crippen LogP contribution in [0.4, 0.5) is 0 Å². The first-order chi connectivity index (χ1) is 11.2. The summed E-state index contributed by atoms with van der Waals surface area (Å²) in [6, 6.07) is 16.7. The number of halogens is 1. The highest BCUT2D eigenvalue weighted by Gasteiger charge is 2.11. The molecule has 1 aromatic heterocycles. The molecule has 0 fully saturated rings. The Morgan fingerprint density at radius 3 is 2.42 bits per heavy atom. The smallest absolute Gasteiger partial charge is 0.118 e. The standard InChI is InChI=1S/C20H24N2O.ClH/c1-15(2)12-13-22-19-7-5-4-6-18(19)21-20(22)14-16-8-10-17(23-3)11-9-16;/h4-11,15H,12-14H2,1-3H3;1H. The van der Waals surface area contributed by atoms with E-state index in [4.69, 9.17) is 9.72 Å². The molecule has 0 atom stereocenters. The minimum absolute atomic E-state index is 0. The summed E-state index contributed by atoms with van der Waals surface area (Å²) in [5, 5.41) is 0. The number of methoxy groups -OCH3 is 1. The van der Waals surface area contributed by atoms with Crippen molar-refractivity contribution in [3.63, 3.8) is 0 Å². The summed E-state index contributed by atoms with van der Waals surface area (Å²) in [6.07, 6.45) is 2.01. The van der Waals surface area contributed by atoms with Crippen molar-refractivity contribution < 1.29 is 4.74 Å². The first-order valence-electron chi connectivity index (χ1n) is 8.24. The van der Waals surface area contributed by atoms with Crippen LogP contribution in [0.5, 0.6) is 5.75 Å². The van der Waals surface area contributed by atoms with Gasteiger partial charge in [0.1, 0.15) is 11.6 Å². The summed E-state index contributed by atoms with van der Waals surface area (Å²) < 4.78 is 7.61. The Kier molecular flexibility index (Phi) is 6.27. The van der Waals surface area contributed by atoms with Crippen LogP contribution in [0.2, 0.25) is 0 Å². The van der Waals surface area contributed by atoms with Crippen LogP contribution >= 0.6 is 12.4 Å². The van der Waals surface area contributed by atoms with Gasteiger partial charge in [-0.3, -0.25) is 0 Å². The Bertz CT molecular complexity index is 778. The van der Waals surface area contributed by atoms with E-state index >= 15 is 0 Å². The Hall–Kier alpha value is -2.00. The lowest BCUT2D eigenvalue weighted by atomic mass is 10.1. The van der Waals surface area contributed by atoms with Gasteiger partial charge in [0.05, 0.1) is 18.1 Å². The van der Waals surface area contributed by atoms with Gasteiger partial charge in [-0.05, 0) is 42.2 Å². The van der Waals surface area contributed by atoms with Crippen molar-refractivity contribution in [2.75, 3.05) is 7.11 Å². The molecule has 0 aliphatic rings. The number of rotatable bonds is 6. The molecule has 4 heteroatoms. The Morgan fingerprint density at radius 2 is 1.75 bits per heavy atom. The highest BCUT2D eigenvalue weighted by molar-refractivity contribution is 5.85. The molecule has 2 aromatic carbocycles. The average Bonchev–Trinajstić information content (AvgIpc) is 2.90. The van der Waals surface area contributed by atoms with Crippen LogP contribution in [-0.2, 0) is 13.0 Å². The molecule has 1 heterocycles. The van der Waals surface area contributed by atoms with Crippen molar-refractivity contribution in [2.45, 2.75) is 33.2 Å². The van der Waals surface area contributed by atoms with Gasteiger partial charge in [0.15, 0.2) is 0 Å². The van der Waals surface area contributed by atoms with E-state index < -0.39 is 0 Å². The van der Waals surface area contributed by atoms with Gasteiger partial charge in [-0.1, -0.05) is 38.1 Å². The molecule has 0 amide bonds. The van der Waals surface area contributed by atoms with Crippen LogP contribution in [0.25, 0.3) is 11.0 Å². The lowest BCUT2D eigenvalue weighted by Gasteiger charge is -2.11. The number of benzene rings is 2. The molecule has 0 aliphatic heterocycles. The zero-order valence-corrected chi connectivity index (χ0v) is 15.3. The van der Waals surface area contributed by atoms with Crippen LogP contribution in [0.15, 0.2) is 48.5 Å². The lowest BCUT2D eigenvalue weighted by molar-refractivity contribution is 0.414. The molecule has 0 saturated carbocycles. The Labute approximate surface area is 150 Å². The van der Waals surface area contributed by atoms with E-state index in [2.05, 4.69) is 54.8 Å². The third-order valence-electron chi connectivity index (χ3n) is 4.18. The number of hydrogen-bond donors (Lipinski definition) is 0. The maximum Gasteiger partial charge on any atom is 0.118 e. The second kappa shape index (κ2) is 8.20. The minimum atomic E-state index is 0. The summed E-state index contributed by atoms with van der Waals surface area (Å²) in [6.45, 7) is 5.55. The van der Waals surface area contributed by atoms with Crippen molar-refractivity contribution >= 4 is 23.4 Å². The number of imidazole rings is 1. The molecule has 0 spiro atoms. The molecule has 0 unspecified atom stereocenters. The summed E-state index contributed by atoms with van der Waals surface area (Å²) >= 11 is 0. The van der Waals surface area contributed by atoms with Crippen molar-refractivity contribution in [2.24, 2.45) is 5.92 Å². The first-order valence-corrected chi connectivity index (χ1v) is 8.24. The fraction of sp³-hybridized carbons (Fsp3) is 0.350. The van der Waals surface area contributed by atoms with E-state index in [9.17, 15) is 0 Å². The monoisotopic (exact) mass is 344 g/mol. The third kappa shape index (κ3) is 4.09. The lowest BCUT2D eigenvalue weighted by Crippen LogP contribution is -2.07. The Morgan fingerprint density at radius 1 is 1.04 bits per heavy atom. The number of ether oxygens (including phenoxy) is 1. The molecular formula is C20H25ClN2O. The molecule has 0 aliphatic carbocycles. The molecule has 0 saturated heterocycles. The second-order valence-corrected chi connectivity index (χ2v) is 6.38. The fourth-order valence-electron chi connectivity index (χ4n) is 2.82. The zero-order chi connectivity index (χ0) is 16.2. The second-order valence-electron chi connectivity index (χ2n) is 6.38. The summed E-state index contributed by atoms with van der Waals surface area (Å²) in [7, 11) is 1.69. The number of para-hydroxylation sites is 2. The van der Waals surface area contributed by atoms with Gasteiger partial charge in [0, 0.05) is 13.0 Å². The molecule has 3 aromatic rings. The number of hydrogen-bond acceptors (Lipinski definition) is 2. The van der Waals surface area contributed by atoms with Crippen LogP contribution < -0.4 is 4.74 Å². The highest BCUT2D eigenvalue weighted by Crippen LogP contribution is 2.21. The van der Waals surface area contributed by atoms with Gasteiger partial charge in [-0.15, -0.1) is 12.4 Å². The van der Waals surface area contributed by atoms with Crippen LogP contribution in [0.3, 0.4) is 0 Å². The van der Waals surface area contributed by atoms with Crippen LogP contribution in [0, 0.1) is 5.92 Å². The van der Waals surface area contributed by atoms with E-state index in [1.54, 1.807) is 7.11 Å². The van der Waals surface area contributed by atoms with E-state index in [0.29, 0.717) is 5.92 Å². The van der Waals surface area contributed by atoms with Crippen molar-refractivity contribution in [3.05, 3.63) is 59.9 Å². The summed E-state index contributed by atoms with van der Waals surface area (Å²) in [5.74, 6) is 2.71. The van der Waals surface area contributed by atoms with E-state index in [1.165, 1.54) is 11.1 Å². The van der Waals surface area contributed by atoms with Crippen molar-refractivity contribution in [1.29, 1.82) is 0 Å². The molecule has 0 bridgehead atoms. The normalized spacial score (nSPS) is 10.8. The van der Waals surface area contributed by atoms with E-state index in [0.717, 1.165) is 36.5 Å².